The second-order valence-corrected chi connectivity index (χ2v) is 6.81. The van der Waals surface area contributed by atoms with Gasteiger partial charge < -0.3 is 9.47 Å². The monoisotopic (exact) mass is 328 g/mol. The van der Waals surface area contributed by atoms with Crippen LogP contribution in [-0.2, 0) is 28.6 Å². The zero-order valence-electron chi connectivity index (χ0n) is 12.7. The molecule has 6 nitrogen and oxygen atoms in total. The summed E-state index contributed by atoms with van der Waals surface area (Å²) in [5, 5.41) is 0. The molecule has 1 aromatic rings. The summed E-state index contributed by atoms with van der Waals surface area (Å²) in [6, 6.07) is 6.65. The predicted molar refractivity (Wildman–Crippen MR) is 78.8 cm³/mol. The number of esters is 1. The highest BCUT2D eigenvalue weighted by molar-refractivity contribution is 7.86. The number of rotatable bonds is 7. The van der Waals surface area contributed by atoms with E-state index < -0.39 is 10.1 Å². The molecule has 1 aliphatic carbocycles. The van der Waals surface area contributed by atoms with Crippen molar-refractivity contribution < 1.29 is 26.9 Å². The van der Waals surface area contributed by atoms with Gasteiger partial charge in [0.2, 0.25) is 0 Å². The number of aryl methyl sites for hydroxylation is 1. The SMILES string of the molecule is COC(=O)C1CC(OCCOS(=O)(=O)c2ccccc2C)C1. The second-order valence-electron chi connectivity index (χ2n) is 5.23. The normalized spacial score (nSPS) is 21.2. The molecule has 7 heteroatoms. The zero-order valence-corrected chi connectivity index (χ0v) is 13.5. The second kappa shape index (κ2) is 7.21. The molecular formula is C15H20O6S. The highest BCUT2D eigenvalue weighted by Gasteiger charge is 2.35. The minimum atomic E-state index is -3.76. The van der Waals surface area contributed by atoms with Crippen molar-refractivity contribution in [3.05, 3.63) is 29.8 Å². The maximum atomic E-state index is 12.0. The number of hydrogen-bond donors (Lipinski definition) is 0. The fourth-order valence-corrected chi connectivity index (χ4v) is 3.44. The van der Waals surface area contributed by atoms with Crippen LogP contribution in [0.25, 0.3) is 0 Å². The molecule has 0 unspecified atom stereocenters. The minimum absolute atomic E-state index is 0.0335. The molecule has 0 aliphatic heterocycles. The van der Waals surface area contributed by atoms with Gasteiger partial charge in [0.15, 0.2) is 0 Å². The minimum Gasteiger partial charge on any atom is -0.469 e. The van der Waals surface area contributed by atoms with Gasteiger partial charge in [-0.05, 0) is 31.4 Å². The van der Waals surface area contributed by atoms with E-state index in [1.54, 1.807) is 25.1 Å². The maximum Gasteiger partial charge on any atom is 0.308 e. The summed E-state index contributed by atoms with van der Waals surface area (Å²) >= 11 is 0. The van der Waals surface area contributed by atoms with Gasteiger partial charge in [-0.3, -0.25) is 8.98 Å². The summed E-state index contributed by atoms with van der Waals surface area (Å²) in [4.78, 5) is 11.4. The number of carbonyl (C=O) groups is 1. The van der Waals surface area contributed by atoms with Crippen molar-refractivity contribution >= 4 is 16.1 Å². The Balaban J connectivity index is 1.71. The molecule has 122 valence electrons. The maximum absolute atomic E-state index is 12.0. The first-order valence-corrected chi connectivity index (χ1v) is 8.49. The third-order valence-corrected chi connectivity index (χ3v) is 5.14. The molecular weight excluding hydrogens is 308 g/mol. The molecule has 0 aromatic heterocycles. The number of hydrogen-bond acceptors (Lipinski definition) is 6. The van der Waals surface area contributed by atoms with Crippen LogP contribution in [0.4, 0.5) is 0 Å². The van der Waals surface area contributed by atoms with Gasteiger partial charge in [0, 0.05) is 0 Å². The lowest BCUT2D eigenvalue weighted by Crippen LogP contribution is -2.37. The van der Waals surface area contributed by atoms with Gasteiger partial charge in [0.1, 0.15) is 0 Å². The molecule has 0 saturated heterocycles. The van der Waals surface area contributed by atoms with Crippen LogP contribution >= 0.6 is 0 Å². The third-order valence-electron chi connectivity index (χ3n) is 3.67. The summed E-state index contributed by atoms with van der Waals surface area (Å²) in [5.74, 6) is -0.329. The number of carbonyl (C=O) groups excluding carboxylic acids is 1. The Labute approximate surface area is 130 Å². The Bertz CT molecular complexity index is 619. The highest BCUT2D eigenvalue weighted by atomic mass is 32.2. The number of ether oxygens (including phenoxy) is 2. The van der Waals surface area contributed by atoms with Crippen LogP contribution in [0.1, 0.15) is 18.4 Å². The zero-order chi connectivity index (χ0) is 16.2. The van der Waals surface area contributed by atoms with E-state index in [1.165, 1.54) is 13.2 Å². The number of benzene rings is 1. The Morgan fingerprint density at radius 1 is 1.23 bits per heavy atom. The molecule has 1 fully saturated rings. The van der Waals surface area contributed by atoms with E-state index >= 15 is 0 Å². The molecule has 1 aliphatic rings. The Morgan fingerprint density at radius 2 is 1.91 bits per heavy atom. The molecule has 0 atom stereocenters. The van der Waals surface area contributed by atoms with E-state index in [-0.39, 0.29) is 36.1 Å². The average molecular weight is 328 g/mol. The van der Waals surface area contributed by atoms with Gasteiger partial charge in [-0.25, -0.2) is 0 Å². The average Bonchev–Trinajstić information content (AvgIpc) is 2.44. The van der Waals surface area contributed by atoms with Crippen LogP contribution in [0.15, 0.2) is 29.2 Å². The van der Waals surface area contributed by atoms with Crippen LogP contribution in [-0.4, -0.2) is 40.8 Å². The first-order chi connectivity index (χ1) is 10.4. The Hall–Kier alpha value is -1.44. The molecule has 0 spiro atoms. The fraction of sp³-hybridized carbons (Fsp3) is 0.533. The summed E-state index contributed by atoms with van der Waals surface area (Å²) in [6.07, 6.45) is 1.18. The Kier molecular flexibility index (Phi) is 5.55. The van der Waals surface area contributed by atoms with Crippen molar-refractivity contribution in [2.45, 2.75) is 30.8 Å². The summed E-state index contributed by atoms with van der Waals surface area (Å²) in [7, 11) is -2.40. The van der Waals surface area contributed by atoms with Crippen molar-refractivity contribution in [3.63, 3.8) is 0 Å². The van der Waals surface area contributed by atoms with Gasteiger partial charge in [-0.1, -0.05) is 18.2 Å². The summed E-state index contributed by atoms with van der Waals surface area (Å²) < 4.78 is 39.1. The van der Waals surface area contributed by atoms with Crippen LogP contribution in [0.3, 0.4) is 0 Å². The first-order valence-electron chi connectivity index (χ1n) is 7.08. The van der Waals surface area contributed by atoms with Crippen LogP contribution in [0.5, 0.6) is 0 Å². The first kappa shape index (κ1) is 16.9. The topological polar surface area (TPSA) is 78.9 Å². The molecule has 0 radical (unpaired) electrons. The van der Waals surface area contributed by atoms with Gasteiger partial charge in [-0.2, -0.15) is 8.42 Å². The van der Waals surface area contributed by atoms with E-state index in [9.17, 15) is 13.2 Å². The van der Waals surface area contributed by atoms with E-state index in [0.29, 0.717) is 18.4 Å². The molecule has 2 rings (SSSR count). The van der Waals surface area contributed by atoms with Crippen LogP contribution < -0.4 is 0 Å². The lowest BCUT2D eigenvalue weighted by molar-refractivity contribution is -0.155. The van der Waals surface area contributed by atoms with E-state index in [1.807, 2.05) is 0 Å². The van der Waals surface area contributed by atoms with E-state index in [2.05, 4.69) is 4.74 Å². The smallest absolute Gasteiger partial charge is 0.308 e. The molecule has 0 N–H and O–H groups in total. The molecule has 0 bridgehead atoms. The predicted octanol–water partition coefficient (Wildman–Crippen LogP) is 1.67. The van der Waals surface area contributed by atoms with Crippen molar-refractivity contribution in [2.24, 2.45) is 5.92 Å². The quantitative estimate of drug-likeness (QED) is 0.430. The highest BCUT2D eigenvalue weighted by Crippen LogP contribution is 2.30. The Morgan fingerprint density at radius 3 is 2.55 bits per heavy atom. The van der Waals surface area contributed by atoms with Crippen LogP contribution in [0, 0.1) is 12.8 Å². The van der Waals surface area contributed by atoms with Gasteiger partial charge in [0.25, 0.3) is 10.1 Å². The van der Waals surface area contributed by atoms with Crippen molar-refractivity contribution in [2.75, 3.05) is 20.3 Å². The fourth-order valence-electron chi connectivity index (χ4n) is 2.32. The van der Waals surface area contributed by atoms with Crippen molar-refractivity contribution in [1.29, 1.82) is 0 Å². The largest absolute Gasteiger partial charge is 0.469 e. The molecule has 22 heavy (non-hydrogen) atoms. The van der Waals surface area contributed by atoms with E-state index in [4.69, 9.17) is 8.92 Å². The van der Waals surface area contributed by atoms with Gasteiger partial charge in [-0.15, -0.1) is 0 Å². The summed E-state index contributed by atoms with van der Waals surface area (Å²) in [6.45, 7) is 1.84. The number of methoxy groups -OCH3 is 1. The van der Waals surface area contributed by atoms with Crippen molar-refractivity contribution in [1.82, 2.24) is 0 Å². The van der Waals surface area contributed by atoms with Crippen molar-refractivity contribution in [3.8, 4) is 0 Å². The molecule has 1 aromatic carbocycles. The van der Waals surface area contributed by atoms with E-state index in [0.717, 1.165) is 0 Å². The van der Waals surface area contributed by atoms with Crippen LogP contribution in [0.2, 0.25) is 0 Å². The lowest BCUT2D eigenvalue weighted by Gasteiger charge is -2.32. The molecule has 0 heterocycles. The standard InChI is InChI=1S/C15H20O6S/c1-11-5-3-4-6-14(11)22(17,18)21-8-7-20-13-9-12(10-13)15(16)19-2/h3-6,12-13H,7-10H2,1-2H3. The molecule has 1 saturated carbocycles. The third kappa shape index (κ3) is 4.06. The van der Waals surface area contributed by atoms with Gasteiger partial charge in [0.05, 0.1) is 37.2 Å². The molecule has 0 amide bonds. The lowest BCUT2D eigenvalue weighted by atomic mass is 9.82. The van der Waals surface area contributed by atoms with Gasteiger partial charge >= 0.3 is 5.97 Å². The summed E-state index contributed by atoms with van der Waals surface area (Å²) in [5.41, 5.74) is 0.642.